The van der Waals surface area contributed by atoms with E-state index in [1.165, 1.54) is 0 Å². The van der Waals surface area contributed by atoms with E-state index >= 15 is 0 Å². The molecule has 0 aromatic carbocycles. The van der Waals surface area contributed by atoms with Crippen LogP contribution in [0, 0.1) is 0 Å². The lowest BCUT2D eigenvalue weighted by atomic mass is 9.90. The Kier molecular flexibility index (Phi) is 4.46. The van der Waals surface area contributed by atoms with Gasteiger partial charge >= 0.3 is 0 Å². The Labute approximate surface area is 123 Å². The maximum Gasteiger partial charge on any atom is 0.240 e. The minimum Gasteiger partial charge on any atom is -0.381 e. The molecule has 0 saturated carbocycles. The number of hydrogen-bond acceptors (Lipinski definition) is 5. The third-order valence-electron chi connectivity index (χ3n) is 3.56. The number of carbonyl (C=O) groups excluding carboxylic acids is 1. The Morgan fingerprint density at radius 1 is 1.50 bits per heavy atom. The molecule has 2 heterocycles. The highest BCUT2D eigenvalue weighted by atomic mass is 32.1. The van der Waals surface area contributed by atoms with Crippen LogP contribution in [0.4, 0.5) is 0 Å². The molecule has 2 rings (SSSR count). The fraction of sp³-hybridized carbons (Fsp3) is 0.714. The molecule has 0 atom stereocenters. The average molecular weight is 297 g/mol. The summed E-state index contributed by atoms with van der Waals surface area (Å²) >= 11 is 1.57. The molecule has 6 heteroatoms. The van der Waals surface area contributed by atoms with Gasteiger partial charge in [-0.2, -0.15) is 0 Å². The zero-order valence-corrected chi connectivity index (χ0v) is 13.2. The molecular weight excluding hydrogens is 274 g/mol. The molecule has 0 spiro atoms. The quantitative estimate of drug-likeness (QED) is 0.887. The van der Waals surface area contributed by atoms with Gasteiger partial charge in [-0.15, -0.1) is 11.3 Å². The molecular formula is C14H23N3O2S. The van der Waals surface area contributed by atoms with Crippen LogP contribution in [0.15, 0.2) is 5.38 Å². The lowest BCUT2D eigenvalue weighted by molar-refractivity contribution is -0.129. The van der Waals surface area contributed by atoms with Gasteiger partial charge in [-0.05, 0) is 12.8 Å². The third-order valence-corrected chi connectivity index (χ3v) is 4.41. The number of nitrogens with zero attached hydrogens (tertiary/aromatic N) is 1. The molecule has 1 saturated heterocycles. The van der Waals surface area contributed by atoms with Gasteiger partial charge in [0.1, 0.15) is 5.01 Å². The van der Waals surface area contributed by atoms with Crippen molar-refractivity contribution in [2.75, 3.05) is 13.2 Å². The normalized spacial score (nSPS) is 18.8. The first-order valence-electron chi connectivity index (χ1n) is 6.91. The van der Waals surface area contributed by atoms with Gasteiger partial charge in [-0.1, -0.05) is 20.8 Å². The van der Waals surface area contributed by atoms with Crippen molar-refractivity contribution in [1.29, 1.82) is 0 Å². The third kappa shape index (κ3) is 3.56. The molecule has 1 aliphatic heterocycles. The van der Waals surface area contributed by atoms with Gasteiger partial charge in [0, 0.05) is 24.0 Å². The number of nitrogens with two attached hydrogens (primary N) is 1. The lowest BCUT2D eigenvalue weighted by Crippen LogP contribution is -2.56. The summed E-state index contributed by atoms with van der Waals surface area (Å²) < 4.78 is 5.25. The number of rotatable bonds is 3. The predicted octanol–water partition coefficient (Wildman–Crippen LogP) is 1.56. The molecule has 5 nitrogen and oxygen atoms in total. The number of carbonyl (C=O) groups is 1. The van der Waals surface area contributed by atoms with E-state index < -0.39 is 5.54 Å². The fourth-order valence-corrected chi connectivity index (χ4v) is 2.99. The first kappa shape index (κ1) is 15.4. The maximum atomic E-state index is 12.2. The minimum absolute atomic E-state index is 0.0363. The van der Waals surface area contributed by atoms with E-state index in [1.54, 1.807) is 11.3 Å². The lowest BCUT2D eigenvalue weighted by Gasteiger charge is -2.31. The smallest absolute Gasteiger partial charge is 0.240 e. The molecule has 0 radical (unpaired) electrons. The summed E-state index contributed by atoms with van der Waals surface area (Å²) in [7, 11) is 0. The molecule has 1 fully saturated rings. The molecule has 0 aliphatic carbocycles. The Balaban J connectivity index is 1.91. The summed E-state index contributed by atoms with van der Waals surface area (Å²) in [5, 5.41) is 5.87. The number of hydrogen-bond donors (Lipinski definition) is 2. The van der Waals surface area contributed by atoms with Crippen LogP contribution < -0.4 is 11.1 Å². The topological polar surface area (TPSA) is 77.2 Å². The Hall–Kier alpha value is -0.980. The summed E-state index contributed by atoms with van der Waals surface area (Å²) in [6.45, 7) is 7.92. The molecule has 3 N–H and O–H groups in total. The van der Waals surface area contributed by atoms with E-state index in [4.69, 9.17) is 10.5 Å². The second kappa shape index (κ2) is 5.79. The molecule has 1 aromatic heterocycles. The molecule has 0 unspecified atom stereocenters. The Morgan fingerprint density at radius 2 is 2.15 bits per heavy atom. The van der Waals surface area contributed by atoms with Crippen LogP contribution in [0.25, 0.3) is 0 Å². The SMILES string of the molecule is CC(C)(C)c1csc(CNC(=O)C2(N)CCOCC2)n1. The van der Waals surface area contributed by atoms with Gasteiger partial charge in [0.2, 0.25) is 5.91 Å². The van der Waals surface area contributed by atoms with Crippen LogP contribution in [0.5, 0.6) is 0 Å². The Bertz CT molecular complexity index is 473. The van der Waals surface area contributed by atoms with Crippen molar-refractivity contribution in [1.82, 2.24) is 10.3 Å². The Morgan fingerprint density at radius 3 is 2.70 bits per heavy atom. The molecule has 20 heavy (non-hydrogen) atoms. The van der Waals surface area contributed by atoms with Crippen LogP contribution in [0.3, 0.4) is 0 Å². The van der Waals surface area contributed by atoms with Crippen LogP contribution in [0.2, 0.25) is 0 Å². The molecule has 1 aliphatic rings. The predicted molar refractivity (Wildman–Crippen MR) is 79.6 cm³/mol. The monoisotopic (exact) mass is 297 g/mol. The van der Waals surface area contributed by atoms with E-state index in [1.807, 2.05) is 5.38 Å². The standard InChI is InChI=1S/C14H23N3O2S/c1-13(2,3)10-9-20-11(17-10)8-16-12(18)14(15)4-6-19-7-5-14/h9H,4-8,15H2,1-3H3,(H,16,18). The second-order valence-electron chi connectivity index (χ2n) is 6.33. The molecule has 1 amide bonds. The van der Waals surface area contributed by atoms with Gasteiger partial charge in [-0.3, -0.25) is 4.79 Å². The summed E-state index contributed by atoms with van der Waals surface area (Å²) in [4.78, 5) is 16.7. The number of nitrogens with one attached hydrogen (secondary N) is 1. The van der Waals surface area contributed by atoms with Crippen LogP contribution >= 0.6 is 11.3 Å². The van der Waals surface area contributed by atoms with Crippen molar-refractivity contribution in [3.05, 3.63) is 16.1 Å². The van der Waals surface area contributed by atoms with Crippen molar-refractivity contribution >= 4 is 17.2 Å². The maximum absolute atomic E-state index is 12.2. The molecule has 112 valence electrons. The number of aromatic nitrogens is 1. The van der Waals surface area contributed by atoms with Gasteiger partial charge in [0.25, 0.3) is 0 Å². The highest BCUT2D eigenvalue weighted by Crippen LogP contribution is 2.24. The first-order chi connectivity index (χ1) is 9.31. The number of ether oxygens (including phenoxy) is 1. The van der Waals surface area contributed by atoms with E-state index in [2.05, 4.69) is 31.1 Å². The van der Waals surface area contributed by atoms with Crippen molar-refractivity contribution in [2.45, 2.75) is 51.1 Å². The highest BCUT2D eigenvalue weighted by Gasteiger charge is 2.35. The summed E-state index contributed by atoms with van der Waals surface area (Å²) in [6, 6.07) is 0. The zero-order valence-electron chi connectivity index (χ0n) is 12.4. The summed E-state index contributed by atoms with van der Waals surface area (Å²) in [6.07, 6.45) is 1.15. The van der Waals surface area contributed by atoms with Crippen LogP contribution in [-0.2, 0) is 21.5 Å². The van der Waals surface area contributed by atoms with Gasteiger partial charge < -0.3 is 15.8 Å². The largest absolute Gasteiger partial charge is 0.381 e. The first-order valence-corrected chi connectivity index (χ1v) is 7.79. The van der Waals surface area contributed by atoms with E-state index in [0.29, 0.717) is 32.6 Å². The van der Waals surface area contributed by atoms with Crippen molar-refractivity contribution in [2.24, 2.45) is 5.73 Å². The van der Waals surface area contributed by atoms with Crippen molar-refractivity contribution < 1.29 is 9.53 Å². The zero-order chi connectivity index (χ0) is 14.8. The summed E-state index contributed by atoms with van der Waals surface area (Å²) in [5.74, 6) is -0.103. The second-order valence-corrected chi connectivity index (χ2v) is 7.27. The van der Waals surface area contributed by atoms with Crippen molar-refractivity contribution in [3.8, 4) is 0 Å². The van der Waals surface area contributed by atoms with E-state index in [9.17, 15) is 4.79 Å². The van der Waals surface area contributed by atoms with E-state index in [0.717, 1.165) is 10.7 Å². The van der Waals surface area contributed by atoms with E-state index in [-0.39, 0.29) is 11.3 Å². The van der Waals surface area contributed by atoms with Crippen LogP contribution in [0.1, 0.15) is 44.3 Å². The highest BCUT2D eigenvalue weighted by molar-refractivity contribution is 7.09. The fourth-order valence-electron chi connectivity index (χ4n) is 2.03. The molecule has 0 bridgehead atoms. The summed E-state index contributed by atoms with van der Waals surface area (Å²) in [5.41, 5.74) is 6.43. The molecule has 1 aromatic rings. The van der Waals surface area contributed by atoms with Gasteiger partial charge in [0.15, 0.2) is 0 Å². The van der Waals surface area contributed by atoms with Gasteiger partial charge in [0.05, 0.1) is 17.8 Å². The van der Waals surface area contributed by atoms with Crippen LogP contribution in [-0.4, -0.2) is 29.6 Å². The minimum atomic E-state index is -0.789. The average Bonchev–Trinajstić information content (AvgIpc) is 2.85. The number of amides is 1. The van der Waals surface area contributed by atoms with Crippen molar-refractivity contribution in [3.63, 3.8) is 0 Å². The number of thiazole rings is 1. The van der Waals surface area contributed by atoms with Gasteiger partial charge in [-0.25, -0.2) is 4.98 Å².